The lowest BCUT2D eigenvalue weighted by molar-refractivity contribution is 0.171. The zero-order valence-electron chi connectivity index (χ0n) is 15.3. The van der Waals surface area contributed by atoms with Crippen molar-refractivity contribution in [1.29, 1.82) is 0 Å². The van der Waals surface area contributed by atoms with Gasteiger partial charge in [-0.2, -0.15) is 0 Å². The van der Waals surface area contributed by atoms with Crippen LogP contribution in [-0.2, 0) is 10.0 Å². The average molecular weight is 388 g/mol. The van der Waals surface area contributed by atoms with E-state index in [-0.39, 0.29) is 10.8 Å². The van der Waals surface area contributed by atoms with E-state index < -0.39 is 10.0 Å². The highest BCUT2D eigenvalue weighted by Crippen LogP contribution is 2.32. The minimum atomic E-state index is -3.57. The van der Waals surface area contributed by atoms with Gasteiger partial charge in [0.25, 0.3) is 0 Å². The summed E-state index contributed by atoms with van der Waals surface area (Å²) in [6, 6.07) is 13.2. The van der Waals surface area contributed by atoms with Crippen molar-refractivity contribution in [3.63, 3.8) is 0 Å². The molecule has 6 nitrogen and oxygen atoms in total. The molecule has 144 valence electrons. The molecule has 0 aliphatic carbocycles. The average Bonchev–Trinajstić information content (AvgIpc) is 3.15. The van der Waals surface area contributed by atoms with Crippen LogP contribution < -0.4 is 19.1 Å². The number of rotatable bonds is 5. The van der Waals surface area contributed by atoms with Crippen molar-refractivity contribution >= 4 is 15.7 Å². The van der Waals surface area contributed by atoms with Crippen molar-refractivity contribution in [2.75, 3.05) is 37.7 Å². The number of sulfonamides is 1. The largest absolute Gasteiger partial charge is 0.486 e. The third kappa shape index (κ3) is 4.04. The molecule has 0 saturated carbocycles. The summed E-state index contributed by atoms with van der Waals surface area (Å²) in [5, 5.41) is 0. The SMILES string of the molecule is Cc1cccc(N2CCC(CNS(=O)(=O)c3ccc4c(c3)OCCO4)C2)c1. The van der Waals surface area contributed by atoms with E-state index in [1.165, 1.54) is 17.3 Å². The quantitative estimate of drug-likeness (QED) is 0.853. The summed E-state index contributed by atoms with van der Waals surface area (Å²) < 4.78 is 39.0. The molecule has 4 rings (SSSR count). The maximum atomic E-state index is 12.6. The zero-order valence-corrected chi connectivity index (χ0v) is 16.2. The summed E-state index contributed by atoms with van der Waals surface area (Å²) in [7, 11) is -3.57. The Hall–Kier alpha value is -2.25. The minimum Gasteiger partial charge on any atom is -0.486 e. The van der Waals surface area contributed by atoms with Crippen molar-refractivity contribution in [1.82, 2.24) is 4.72 Å². The van der Waals surface area contributed by atoms with Gasteiger partial charge in [-0.05, 0) is 49.1 Å². The maximum absolute atomic E-state index is 12.6. The Labute approximate surface area is 160 Å². The van der Waals surface area contributed by atoms with Crippen molar-refractivity contribution in [3.05, 3.63) is 48.0 Å². The normalized spacial score (nSPS) is 19.3. The smallest absolute Gasteiger partial charge is 0.240 e. The fourth-order valence-corrected chi connectivity index (χ4v) is 4.69. The molecule has 1 N–H and O–H groups in total. The predicted octanol–water partition coefficient (Wildman–Crippen LogP) is 2.57. The fourth-order valence-electron chi connectivity index (χ4n) is 3.56. The van der Waals surface area contributed by atoms with Crippen LogP contribution in [0.2, 0.25) is 0 Å². The molecule has 0 spiro atoms. The van der Waals surface area contributed by atoms with Gasteiger partial charge in [-0.1, -0.05) is 12.1 Å². The summed E-state index contributed by atoms with van der Waals surface area (Å²) in [6.07, 6.45) is 0.970. The summed E-state index contributed by atoms with van der Waals surface area (Å²) in [5.74, 6) is 1.36. The summed E-state index contributed by atoms with van der Waals surface area (Å²) in [5.41, 5.74) is 2.43. The third-order valence-electron chi connectivity index (χ3n) is 5.04. The van der Waals surface area contributed by atoms with Crippen LogP contribution in [0.5, 0.6) is 11.5 Å². The highest BCUT2D eigenvalue weighted by molar-refractivity contribution is 7.89. The van der Waals surface area contributed by atoms with Crippen molar-refractivity contribution < 1.29 is 17.9 Å². The Morgan fingerprint density at radius 1 is 1.11 bits per heavy atom. The van der Waals surface area contributed by atoms with E-state index in [9.17, 15) is 8.42 Å². The number of nitrogens with zero attached hydrogens (tertiary/aromatic N) is 1. The fraction of sp³-hybridized carbons (Fsp3) is 0.400. The highest BCUT2D eigenvalue weighted by Gasteiger charge is 2.25. The van der Waals surface area contributed by atoms with E-state index in [1.54, 1.807) is 12.1 Å². The second-order valence-corrected chi connectivity index (χ2v) is 8.86. The molecular weight excluding hydrogens is 364 g/mol. The molecule has 1 saturated heterocycles. The number of hydrogen-bond acceptors (Lipinski definition) is 5. The van der Waals surface area contributed by atoms with E-state index in [0.717, 1.165) is 19.5 Å². The van der Waals surface area contributed by atoms with Gasteiger partial charge in [-0.25, -0.2) is 13.1 Å². The van der Waals surface area contributed by atoms with Gasteiger partial charge in [0.2, 0.25) is 10.0 Å². The second kappa shape index (κ2) is 7.40. The first-order chi connectivity index (χ1) is 13.0. The first-order valence-corrected chi connectivity index (χ1v) is 10.7. The van der Waals surface area contributed by atoms with Gasteiger partial charge in [0.15, 0.2) is 11.5 Å². The van der Waals surface area contributed by atoms with Crippen LogP contribution in [0.1, 0.15) is 12.0 Å². The van der Waals surface area contributed by atoms with Crippen LogP contribution in [0.3, 0.4) is 0 Å². The van der Waals surface area contributed by atoms with E-state index in [2.05, 4.69) is 40.8 Å². The summed E-state index contributed by atoms with van der Waals surface area (Å²) in [4.78, 5) is 2.52. The molecule has 2 heterocycles. The molecule has 2 aliphatic rings. The first kappa shape index (κ1) is 18.1. The van der Waals surface area contributed by atoms with Crippen LogP contribution in [0, 0.1) is 12.8 Å². The lowest BCUT2D eigenvalue weighted by atomic mass is 10.1. The number of ether oxygens (including phenoxy) is 2. The number of nitrogens with one attached hydrogen (secondary N) is 1. The van der Waals surface area contributed by atoms with Crippen LogP contribution in [0.4, 0.5) is 5.69 Å². The monoisotopic (exact) mass is 388 g/mol. The van der Waals surface area contributed by atoms with E-state index >= 15 is 0 Å². The molecule has 2 aromatic carbocycles. The Morgan fingerprint density at radius 3 is 2.74 bits per heavy atom. The molecule has 0 radical (unpaired) electrons. The molecule has 2 aliphatic heterocycles. The van der Waals surface area contributed by atoms with Gasteiger partial charge in [0.1, 0.15) is 13.2 Å². The highest BCUT2D eigenvalue weighted by atomic mass is 32.2. The van der Waals surface area contributed by atoms with Gasteiger partial charge < -0.3 is 14.4 Å². The number of hydrogen-bond donors (Lipinski definition) is 1. The van der Waals surface area contributed by atoms with Gasteiger partial charge in [0.05, 0.1) is 4.90 Å². The molecule has 1 atom stereocenters. The maximum Gasteiger partial charge on any atom is 0.240 e. The van der Waals surface area contributed by atoms with E-state index in [1.807, 2.05) is 0 Å². The van der Waals surface area contributed by atoms with E-state index in [0.29, 0.717) is 31.3 Å². The van der Waals surface area contributed by atoms with E-state index in [4.69, 9.17) is 9.47 Å². The Bertz CT molecular complexity index is 929. The second-order valence-electron chi connectivity index (χ2n) is 7.10. The molecule has 7 heteroatoms. The Morgan fingerprint density at radius 2 is 1.93 bits per heavy atom. The number of fused-ring (bicyclic) bond motifs is 1. The summed E-state index contributed by atoms with van der Waals surface area (Å²) >= 11 is 0. The predicted molar refractivity (Wildman–Crippen MR) is 104 cm³/mol. The standard InChI is InChI=1S/C20H24N2O4S/c1-15-3-2-4-17(11-15)22-8-7-16(14-22)13-21-27(23,24)18-5-6-19-20(12-18)26-10-9-25-19/h2-6,11-12,16,21H,7-10,13-14H2,1H3. The van der Waals surface area contributed by atoms with Crippen LogP contribution in [0.25, 0.3) is 0 Å². The van der Waals surface area contributed by atoms with Crippen LogP contribution in [-0.4, -0.2) is 41.3 Å². The molecule has 0 amide bonds. The zero-order chi connectivity index (χ0) is 18.9. The number of anilines is 1. The molecule has 27 heavy (non-hydrogen) atoms. The molecule has 0 bridgehead atoms. The lowest BCUT2D eigenvalue weighted by Gasteiger charge is -2.20. The van der Waals surface area contributed by atoms with Crippen molar-refractivity contribution in [3.8, 4) is 11.5 Å². The molecule has 1 fully saturated rings. The number of aryl methyl sites for hydroxylation is 1. The Balaban J connectivity index is 1.38. The molecule has 2 aromatic rings. The lowest BCUT2D eigenvalue weighted by Crippen LogP contribution is -2.31. The van der Waals surface area contributed by atoms with Crippen LogP contribution >= 0.6 is 0 Å². The first-order valence-electron chi connectivity index (χ1n) is 9.22. The number of benzene rings is 2. The molecule has 0 aromatic heterocycles. The van der Waals surface area contributed by atoms with Crippen molar-refractivity contribution in [2.45, 2.75) is 18.2 Å². The third-order valence-corrected chi connectivity index (χ3v) is 6.46. The van der Waals surface area contributed by atoms with Crippen molar-refractivity contribution in [2.24, 2.45) is 5.92 Å². The van der Waals surface area contributed by atoms with Crippen LogP contribution in [0.15, 0.2) is 47.4 Å². The molecule has 1 unspecified atom stereocenters. The van der Waals surface area contributed by atoms with Gasteiger partial charge in [-0.15, -0.1) is 0 Å². The van der Waals surface area contributed by atoms with Gasteiger partial charge >= 0.3 is 0 Å². The topological polar surface area (TPSA) is 67.9 Å². The minimum absolute atomic E-state index is 0.209. The molecular formula is C20H24N2O4S. The van der Waals surface area contributed by atoms with Gasteiger partial charge in [0, 0.05) is 31.4 Å². The van der Waals surface area contributed by atoms with Gasteiger partial charge in [-0.3, -0.25) is 0 Å². The Kier molecular flexibility index (Phi) is 4.97. The summed E-state index contributed by atoms with van der Waals surface area (Å²) in [6.45, 7) is 5.22.